The summed E-state index contributed by atoms with van der Waals surface area (Å²) < 4.78 is 26.7. The molecule has 11 heteroatoms. The topological polar surface area (TPSA) is 133 Å². The number of benzene rings is 1. The molecule has 1 saturated carbocycles. The van der Waals surface area contributed by atoms with Gasteiger partial charge in [0.15, 0.2) is 0 Å². The van der Waals surface area contributed by atoms with Crippen molar-refractivity contribution in [1.82, 2.24) is 34.5 Å². The van der Waals surface area contributed by atoms with Gasteiger partial charge in [0, 0.05) is 42.0 Å². The third-order valence-corrected chi connectivity index (χ3v) is 8.67. The van der Waals surface area contributed by atoms with Crippen LogP contribution < -0.4 is 0 Å². The van der Waals surface area contributed by atoms with Gasteiger partial charge in [-0.1, -0.05) is 6.07 Å². The van der Waals surface area contributed by atoms with Crippen molar-refractivity contribution in [2.45, 2.75) is 30.1 Å². The van der Waals surface area contributed by atoms with Crippen molar-refractivity contribution >= 4 is 20.9 Å². The number of sulfonamides is 1. The number of aromatic nitrogens is 6. The Hall–Kier alpha value is -3.62. The minimum Gasteiger partial charge on any atom is -0.278 e. The molecule has 0 spiro atoms. The van der Waals surface area contributed by atoms with Gasteiger partial charge in [-0.3, -0.25) is 10.1 Å². The summed E-state index contributed by atoms with van der Waals surface area (Å²) in [6.07, 6.45) is 6.65. The van der Waals surface area contributed by atoms with Crippen LogP contribution in [0.3, 0.4) is 0 Å². The molecule has 166 valence electrons. The highest BCUT2D eigenvalue weighted by Gasteiger charge is 2.54. The maximum atomic E-state index is 12.6. The standard InChI is InChI=1S/C22H20N8O2S/c23-7-6-22(13-29(14-22)33(31,32)16-3-4-16)30-26-12-21(28-30)18-10-15(19-5-9-25-27-19)11-20-17(18)2-1-8-24-20/h1-2,5,8-12,16H,3-4,6,13-14H2,(H,25,27). The highest BCUT2D eigenvalue weighted by atomic mass is 32.2. The summed E-state index contributed by atoms with van der Waals surface area (Å²) in [5.41, 5.74) is 3.31. The van der Waals surface area contributed by atoms with Crippen LogP contribution in [-0.4, -0.2) is 61.2 Å². The highest BCUT2D eigenvalue weighted by Crippen LogP contribution is 2.40. The van der Waals surface area contributed by atoms with Crippen LogP contribution in [0.25, 0.3) is 33.4 Å². The third kappa shape index (κ3) is 3.21. The maximum absolute atomic E-state index is 12.6. The predicted molar refractivity (Wildman–Crippen MR) is 120 cm³/mol. The van der Waals surface area contributed by atoms with E-state index in [2.05, 4.69) is 26.3 Å². The molecule has 4 aromatic rings. The van der Waals surface area contributed by atoms with E-state index in [0.717, 1.165) is 27.7 Å². The second-order valence-electron chi connectivity index (χ2n) is 8.66. The van der Waals surface area contributed by atoms with E-state index in [0.29, 0.717) is 18.5 Å². The van der Waals surface area contributed by atoms with Crippen LogP contribution in [0.15, 0.2) is 48.9 Å². The lowest BCUT2D eigenvalue weighted by atomic mass is 9.90. The smallest absolute Gasteiger partial charge is 0.217 e. The molecule has 3 aromatic heterocycles. The number of hydrogen-bond acceptors (Lipinski definition) is 7. The molecule has 4 heterocycles. The number of pyridine rings is 1. The van der Waals surface area contributed by atoms with Crippen LogP contribution in [0.4, 0.5) is 0 Å². The van der Waals surface area contributed by atoms with Crippen molar-refractivity contribution in [3.8, 4) is 28.6 Å². The van der Waals surface area contributed by atoms with E-state index in [1.165, 1.54) is 9.10 Å². The fourth-order valence-corrected chi connectivity index (χ4v) is 6.40. The van der Waals surface area contributed by atoms with Crippen molar-refractivity contribution in [1.29, 1.82) is 5.26 Å². The SMILES string of the molecule is N#CCC1(n2ncc(-c3cc(-c4ccn[nH]4)cc4ncccc34)n2)CN(S(=O)(=O)C2CC2)C1. The Labute approximate surface area is 189 Å². The molecule has 0 bridgehead atoms. The molecule has 0 unspecified atom stereocenters. The number of nitrogens with one attached hydrogen (secondary N) is 1. The van der Waals surface area contributed by atoms with Gasteiger partial charge in [-0.2, -0.15) is 29.7 Å². The fraction of sp³-hybridized carbons (Fsp3) is 0.318. The fourth-order valence-electron chi connectivity index (χ4n) is 4.40. The van der Waals surface area contributed by atoms with Crippen molar-refractivity contribution in [3.05, 3.63) is 48.9 Å². The molecule has 33 heavy (non-hydrogen) atoms. The number of nitriles is 1. The third-order valence-electron chi connectivity index (χ3n) is 6.38. The van der Waals surface area contributed by atoms with Crippen molar-refractivity contribution in [2.75, 3.05) is 13.1 Å². The van der Waals surface area contributed by atoms with Crippen LogP contribution in [-0.2, 0) is 15.6 Å². The molecular formula is C22H20N8O2S. The average molecular weight is 461 g/mol. The minimum absolute atomic E-state index is 0.133. The second-order valence-corrected chi connectivity index (χ2v) is 10.9. The lowest BCUT2D eigenvalue weighted by Gasteiger charge is -2.46. The number of hydrogen-bond donors (Lipinski definition) is 1. The summed E-state index contributed by atoms with van der Waals surface area (Å²) in [5, 5.41) is 26.3. The van der Waals surface area contributed by atoms with E-state index in [1.807, 2.05) is 30.3 Å². The Bertz CT molecular complexity index is 1490. The Balaban J connectivity index is 1.39. The molecule has 1 aliphatic carbocycles. The van der Waals surface area contributed by atoms with E-state index in [4.69, 9.17) is 5.10 Å². The first-order valence-electron chi connectivity index (χ1n) is 10.7. The predicted octanol–water partition coefficient (Wildman–Crippen LogP) is 2.30. The van der Waals surface area contributed by atoms with E-state index in [1.54, 1.807) is 18.6 Å². The molecule has 1 saturated heterocycles. The summed E-state index contributed by atoms with van der Waals surface area (Å²) >= 11 is 0. The number of rotatable bonds is 6. The van der Waals surface area contributed by atoms with E-state index in [9.17, 15) is 13.7 Å². The number of H-pyrrole nitrogens is 1. The van der Waals surface area contributed by atoms with Crippen LogP contribution in [0.2, 0.25) is 0 Å². The summed E-state index contributed by atoms with van der Waals surface area (Å²) in [4.78, 5) is 6.03. The molecule has 0 amide bonds. The molecule has 1 aromatic carbocycles. The van der Waals surface area contributed by atoms with Gasteiger partial charge in [-0.25, -0.2) is 8.42 Å². The lowest BCUT2D eigenvalue weighted by molar-refractivity contribution is 0.0572. The van der Waals surface area contributed by atoms with Gasteiger partial charge in [0.2, 0.25) is 10.0 Å². The first kappa shape index (κ1) is 20.0. The van der Waals surface area contributed by atoms with E-state index >= 15 is 0 Å². The highest BCUT2D eigenvalue weighted by molar-refractivity contribution is 7.90. The molecule has 2 aliphatic rings. The largest absolute Gasteiger partial charge is 0.278 e. The Morgan fingerprint density at radius 1 is 1.21 bits per heavy atom. The summed E-state index contributed by atoms with van der Waals surface area (Å²) in [6.45, 7) is 0.425. The quantitative estimate of drug-likeness (QED) is 0.467. The summed E-state index contributed by atoms with van der Waals surface area (Å²) in [7, 11) is -3.29. The molecule has 1 aliphatic heterocycles. The first-order chi connectivity index (χ1) is 16.0. The van der Waals surface area contributed by atoms with Crippen molar-refractivity contribution < 1.29 is 8.42 Å². The van der Waals surface area contributed by atoms with Gasteiger partial charge in [0.05, 0.1) is 35.1 Å². The lowest BCUT2D eigenvalue weighted by Crippen LogP contribution is -2.65. The number of nitrogens with zero attached hydrogens (tertiary/aromatic N) is 7. The van der Waals surface area contributed by atoms with Crippen LogP contribution in [0.5, 0.6) is 0 Å². The van der Waals surface area contributed by atoms with Crippen molar-refractivity contribution in [3.63, 3.8) is 0 Å². The minimum atomic E-state index is -3.29. The van der Waals surface area contributed by atoms with Gasteiger partial charge in [-0.05, 0) is 37.1 Å². The van der Waals surface area contributed by atoms with E-state index in [-0.39, 0.29) is 24.8 Å². The zero-order valence-electron chi connectivity index (χ0n) is 17.6. The Morgan fingerprint density at radius 3 is 2.79 bits per heavy atom. The molecule has 1 N–H and O–H groups in total. The normalized spacial score (nSPS) is 18.2. The second kappa shape index (κ2) is 7.19. The Morgan fingerprint density at radius 2 is 2.06 bits per heavy atom. The number of aromatic amines is 1. The Kier molecular flexibility index (Phi) is 4.36. The van der Waals surface area contributed by atoms with Gasteiger partial charge in [0.25, 0.3) is 0 Å². The summed E-state index contributed by atoms with van der Waals surface area (Å²) in [6, 6.07) is 11.9. The first-order valence-corrected chi connectivity index (χ1v) is 12.2. The number of fused-ring (bicyclic) bond motifs is 1. The molecule has 2 fully saturated rings. The van der Waals surface area contributed by atoms with Crippen LogP contribution in [0, 0.1) is 11.3 Å². The van der Waals surface area contributed by atoms with E-state index < -0.39 is 15.6 Å². The molecule has 10 nitrogen and oxygen atoms in total. The van der Waals surface area contributed by atoms with Gasteiger partial charge in [-0.15, -0.1) is 0 Å². The van der Waals surface area contributed by atoms with Gasteiger partial charge < -0.3 is 0 Å². The molecule has 0 atom stereocenters. The van der Waals surface area contributed by atoms with Gasteiger partial charge >= 0.3 is 0 Å². The summed E-state index contributed by atoms with van der Waals surface area (Å²) in [5.74, 6) is 0. The van der Waals surface area contributed by atoms with Gasteiger partial charge in [0.1, 0.15) is 11.2 Å². The molecule has 0 radical (unpaired) electrons. The van der Waals surface area contributed by atoms with Crippen LogP contribution >= 0.6 is 0 Å². The maximum Gasteiger partial charge on any atom is 0.217 e. The zero-order chi connectivity index (χ0) is 22.6. The van der Waals surface area contributed by atoms with Crippen molar-refractivity contribution in [2.24, 2.45) is 0 Å². The zero-order valence-corrected chi connectivity index (χ0v) is 18.4. The average Bonchev–Trinajstić information content (AvgIpc) is 3.31. The molecular weight excluding hydrogens is 440 g/mol. The monoisotopic (exact) mass is 460 g/mol. The van der Waals surface area contributed by atoms with Crippen LogP contribution in [0.1, 0.15) is 19.3 Å². The molecule has 6 rings (SSSR count).